The molecule has 104 valence electrons. The standard InChI is InChI=1S/C16H18N2O2/c1-2-6-14-9-13(10-15(19)18-14)16(20)17-11-12-7-4-3-5-8-12/h3-5,7-10H,2,6,11H2,1H3,(H,17,20)(H,18,19). The van der Waals surface area contributed by atoms with E-state index >= 15 is 0 Å². The topological polar surface area (TPSA) is 62.0 Å². The van der Waals surface area contributed by atoms with Gasteiger partial charge in [0.25, 0.3) is 5.91 Å². The van der Waals surface area contributed by atoms with Crippen molar-refractivity contribution in [3.63, 3.8) is 0 Å². The molecule has 0 bridgehead atoms. The molecule has 0 unspecified atom stereocenters. The van der Waals surface area contributed by atoms with Crippen molar-refractivity contribution < 1.29 is 4.79 Å². The van der Waals surface area contributed by atoms with Crippen molar-refractivity contribution in [3.8, 4) is 0 Å². The van der Waals surface area contributed by atoms with Gasteiger partial charge >= 0.3 is 0 Å². The molecule has 4 nitrogen and oxygen atoms in total. The van der Waals surface area contributed by atoms with Crippen LogP contribution in [0.15, 0.2) is 47.3 Å². The van der Waals surface area contributed by atoms with Crippen LogP contribution < -0.4 is 10.9 Å². The van der Waals surface area contributed by atoms with Crippen LogP contribution in [0.1, 0.15) is 35.0 Å². The van der Waals surface area contributed by atoms with Crippen molar-refractivity contribution >= 4 is 5.91 Å². The molecule has 0 saturated heterocycles. The Hall–Kier alpha value is -2.36. The van der Waals surface area contributed by atoms with Gasteiger partial charge in [0.05, 0.1) is 0 Å². The van der Waals surface area contributed by atoms with Crippen molar-refractivity contribution in [1.82, 2.24) is 10.3 Å². The number of aromatic nitrogens is 1. The van der Waals surface area contributed by atoms with E-state index in [-0.39, 0.29) is 11.5 Å². The number of hydrogen-bond acceptors (Lipinski definition) is 2. The van der Waals surface area contributed by atoms with Crippen LogP contribution in [0.25, 0.3) is 0 Å². The summed E-state index contributed by atoms with van der Waals surface area (Å²) in [5.41, 5.74) is 2.00. The molecule has 4 heteroatoms. The predicted octanol–water partition coefficient (Wildman–Crippen LogP) is 2.26. The Balaban J connectivity index is 2.07. The first-order valence-electron chi connectivity index (χ1n) is 6.74. The zero-order valence-corrected chi connectivity index (χ0v) is 11.5. The number of carbonyl (C=O) groups is 1. The summed E-state index contributed by atoms with van der Waals surface area (Å²) >= 11 is 0. The van der Waals surface area contributed by atoms with E-state index in [1.807, 2.05) is 37.3 Å². The number of aryl methyl sites for hydroxylation is 1. The number of hydrogen-bond donors (Lipinski definition) is 2. The average molecular weight is 270 g/mol. The van der Waals surface area contributed by atoms with Gasteiger partial charge in [-0.1, -0.05) is 43.7 Å². The minimum Gasteiger partial charge on any atom is -0.348 e. The first kappa shape index (κ1) is 14.1. The molecular formula is C16H18N2O2. The zero-order valence-electron chi connectivity index (χ0n) is 11.5. The lowest BCUT2D eigenvalue weighted by molar-refractivity contribution is 0.0950. The maximum Gasteiger partial charge on any atom is 0.251 e. The lowest BCUT2D eigenvalue weighted by Gasteiger charge is -2.06. The quantitative estimate of drug-likeness (QED) is 0.875. The summed E-state index contributed by atoms with van der Waals surface area (Å²) in [7, 11) is 0. The number of carbonyl (C=O) groups excluding carboxylic acids is 1. The molecule has 20 heavy (non-hydrogen) atoms. The van der Waals surface area contributed by atoms with Crippen molar-refractivity contribution in [3.05, 3.63) is 69.6 Å². The van der Waals surface area contributed by atoms with Crippen LogP contribution >= 0.6 is 0 Å². The highest BCUT2D eigenvalue weighted by atomic mass is 16.2. The second-order valence-electron chi connectivity index (χ2n) is 4.68. The van der Waals surface area contributed by atoms with E-state index in [0.717, 1.165) is 24.1 Å². The molecule has 1 aromatic heterocycles. The van der Waals surface area contributed by atoms with E-state index in [2.05, 4.69) is 10.3 Å². The molecule has 2 N–H and O–H groups in total. The van der Waals surface area contributed by atoms with E-state index in [9.17, 15) is 9.59 Å². The molecule has 0 radical (unpaired) electrons. The Morgan fingerprint density at radius 3 is 2.65 bits per heavy atom. The lowest BCUT2D eigenvalue weighted by atomic mass is 10.1. The Labute approximate surface area is 117 Å². The van der Waals surface area contributed by atoms with Gasteiger partial charge in [0.2, 0.25) is 5.56 Å². The van der Waals surface area contributed by atoms with E-state index < -0.39 is 0 Å². The number of nitrogens with one attached hydrogen (secondary N) is 2. The predicted molar refractivity (Wildman–Crippen MR) is 78.7 cm³/mol. The minimum absolute atomic E-state index is 0.225. The minimum atomic E-state index is -0.235. The van der Waals surface area contributed by atoms with Crippen LogP contribution in [0, 0.1) is 0 Å². The number of amides is 1. The Morgan fingerprint density at radius 1 is 1.20 bits per heavy atom. The van der Waals surface area contributed by atoms with Gasteiger partial charge in [-0.05, 0) is 18.1 Å². The van der Waals surface area contributed by atoms with Crippen molar-refractivity contribution in [2.45, 2.75) is 26.3 Å². The average Bonchev–Trinajstić information content (AvgIpc) is 2.45. The van der Waals surface area contributed by atoms with E-state index in [0.29, 0.717) is 12.1 Å². The summed E-state index contributed by atoms with van der Waals surface area (Å²) in [4.78, 5) is 26.3. The van der Waals surface area contributed by atoms with Crippen LogP contribution in [0.4, 0.5) is 0 Å². The molecule has 0 aliphatic heterocycles. The molecule has 1 amide bonds. The molecule has 0 fully saturated rings. The first-order chi connectivity index (χ1) is 9.69. The molecule has 0 aliphatic rings. The maximum atomic E-state index is 12.1. The van der Waals surface area contributed by atoms with Crippen LogP contribution in [-0.4, -0.2) is 10.9 Å². The summed E-state index contributed by atoms with van der Waals surface area (Å²) in [5.74, 6) is -0.225. The molecule has 0 saturated carbocycles. The highest BCUT2D eigenvalue weighted by Gasteiger charge is 2.07. The van der Waals surface area contributed by atoms with Gasteiger partial charge in [0.1, 0.15) is 0 Å². The van der Waals surface area contributed by atoms with E-state index in [1.54, 1.807) is 6.07 Å². The van der Waals surface area contributed by atoms with Gasteiger partial charge in [-0.2, -0.15) is 0 Å². The molecule has 0 aliphatic carbocycles. The van der Waals surface area contributed by atoms with Crippen molar-refractivity contribution in [2.75, 3.05) is 0 Å². The monoisotopic (exact) mass is 270 g/mol. The summed E-state index contributed by atoms with van der Waals surface area (Å²) in [6.45, 7) is 2.48. The van der Waals surface area contributed by atoms with E-state index in [4.69, 9.17) is 0 Å². The van der Waals surface area contributed by atoms with Crippen LogP contribution in [0.5, 0.6) is 0 Å². The Bertz CT molecular complexity index is 632. The zero-order chi connectivity index (χ0) is 14.4. The van der Waals surface area contributed by atoms with E-state index in [1.165, 1.54) is 6.07 Å². The van der Waals surface area contributed by atoms with Gasteiger partial charge < -0.3 is 10.3 Å². The molecular weight excluding hydrogens is 252 g/mol. The number of benzene rings is 1. The number of pyridine rings is 1. The summed E-state index contributed by atoms with van der Waals surface area (Å²) in [6.07, 6.45) is 1.68. The highest BCUT2D eigenvalue weighted by Crippen LogP contribution is 2.03. The van der Waals surface area contributed by atoms with Gasteiger partial charge in [-0.3, -0.25) is 9.59 Å². The third kappa shape index (κ3) is 3.82. The maximum absolute atomic E-state index is 12.1. The molecule has 0 atom stereocenters. The molecule has 2 aromatic rings. The molecule has 0 spiro atoms. The second kappa shape index (κ2) is 6.70. The highest BCUT2D eigenvalue weighted by molar-refractivity contribution is 5.94. The van der Waals surface area contributed by atoms with Crippen molar-refractivity contribution in [1.29, 1.82) is 0 Å². The largest absolute Gasteiger partial charge is 0.348 e. The van der Waals surface area contributed by atoms with Gasteiger partial charge in [-0.25, -0.2) is 0 Å². The summed E-state index contributed by atoms with van der Waals surface area (Å²) < 4.78 is 0. The van der Waals surface area contributed by atoms with Crippen LogP contribution in [-0.2, 0) is 13.0 Å². The van der Waals surface area contributed by atoms with Crippen LogP contribution in [0.2, 0.25) is 0 Å². The molecule has 1 aromatic carbocycles. The van der Waals surface area contributed by atoms with Gasteiger partial charge in [0.15, 0.2) is 0 Å². The fourth-order valence-electron chi connectivity index (χ4n) is 2.02. The summed E-state index contributed by atoms with van der Waals surface area (Å²) in [5, 5.41) is 2.82. The van der Waals surface area contributed by atoms with Gasteiger partial charge in [-0.15, -0.1) is 0 Å². The Morgan fingerprint density at radius 2 is 1.95 bits per heavy atom. The number of H-pyrrole nitrogens is 1. The number of aromatic amines is 1. The van der Waals surface area contributed by atoms with Crippen LogP contribution in [0.3, 0.4) is 0 Å². The third-order valence-corrected chi connectivity index (χ3v) is 2.98. The molecule has 1 heterocycles. The van der Waals surface area contributed by atoms with Crippen molar-refractivity contribution in [2.24, 2.45) is 0 Å². The summed E-state index contributed by atoms with van der Waals surface area (Å²) in [6, 6.07) is 12.7. The normalized spacial score (nSPS) is 10.2. The number of rotatable bonds is 5. The SMILES string of the molecule is CCCc1cc(C(=O)NCc2ccccc2)cc(=O)[nH]1. The smallest absolute Gasteiger partial charge is 0.251 e. The fraction of sp³-hybridized carbons (Fsp3) is 0.250. The molecule has 2 rings (SSSR count). The fourth-order valence-corrected chi connectivity index (χ4v) is 2.02. The Kier molecular flexibility index (Phi) is 4.71. The second-order valence-corrected chi connectivity index (χ2v) is 4.68. The first-order valence-corrected chi connectivity index (χ1v) is 6.74. The van der Waals surface area contributed by atoms with Gasteiger partial charge in [0, 0.05) is 23.9 Å². The third-order valence-electron chi connectivity index (χ3n) is 2.98. The lowest BCUT2D eigenvalue weighted by Crippen LogP contribution is -2.25.